The third kappa shape index (κ3) is 6.25. The van der Waals surface area contributed by atoms with Gasteiger partial charge in [0.2, 0.25) is 0 Å². The van der Waals surface area contributed by atoms with Gasteiger partial charge in [-0.2, -0.15) is 0 Å². The number of pyridine rings is 4. The number of nitrogens with zero attached hydrogens (tertiary/aromatic N) is 4. The van der Waals surface area contributed by atoms with Crippen molar-refractivity contribution < 1.29 is 0 Å². The van der Waals surface area contributed by atoms with Crippen molar-refractivity contribution in [3.63, 3.8) is 0 Å². The van der Waals surface area contributed by atoms with Crippen LogP contribution in [0.15, 0.2) is 218 Å². The van der Waals surface area contributed by atoms with Gasteiger partial charge in [0, 0.05) is 49.2 Å². The first-order valence-electron chi connectivity index (χ1n) is 21.0. The summed E-state index contributed by atoms with van der Waals surface area (Å²) in [5.41, 5.74) is 16.3. The second-order valence-corrected chi connectivity index (χ2v) is 15.8. The standard InChI is InChI=1S/C58H36N4/c1-4-11-38(12-5-1)50-32-27-42-25-31-49-48-30-26-47(36-53(48)62-55(54(49)56(42)59-50)41-15-8-3-9-16-41)46-18-10-17-45(35-46)37-19-21-40(22-20-37)52-34-29-44-24-23-43-28-33-51(39-13-6-2-7-14-39)60-57(43)58(44)61-52/h1-36H. The van der Waals surface area contributed by atoms with Gasteiger partial charge in [-0.05, 0) is 58.0 Å². The highest BCUT2D eigenvalue weighted by atomic mass is 14.8. The first-order valence-corrected chi connectivity index (χ1v) is 21.0. The molecule has 62 heavy (non-hydrogen) atoms. The Morgan fingerprint density at radius 3 is 1.24 bits per heavy atom. The quantitative estimate of drug-likeness (QED) is 0.158. The van der Waals surface area contributed by atoms with Crippen molar-refractivity contribution in [2.24, 2.45) is 0 Å². The fourth-order valence-electron chi connectivity index (χ4n) is 8.85. The van der Waals surface area contributed by atoms with Gasteiger partial charge in [0.25, 0.3) is 0 Å². The van der Waals surface area contributed by atoms with E-state index in [0.29, 0.717) is 0 Å². The van der Waals surface area contributed by atoms with Crippen molar-refractivity contribution in [3.8, 4) is 67.3 Å². The molecule has 8 aromatic carbocycles. The Balaban J connectivity index is 0.908. The van der Waals surface area contributed by atoms with E-state index >= 15 is 0 Å². The fourth-order valence-corrected chi connectivity index (χ4v) is 8.85. The highest BCUT2D eigenvalue weighted by Gasteiger charge is 2.17. The topological polar surface area (TPSA) is 51.6 Å². The van der Waals surface area contributed by atoms with Crippen molar-refractivity contribution in [1.82, 2.24) is 19.9 Å². The molecule has 4 nitrogen and oxygen atoms in total. The zero-order chi connectivity index (χ0) is 41.0. The molecule has 0 N–H and O–H groups in total. The molecule has 0 bridgehead atoms. The zero-order valence-electron chi connectivity index (χ0n) is 33.6. The van der Waals surface area contributed by atoms with E-state index in [1.165, 1.54) is 0 Å². The van der Waals surface area contributed by atoms with Crippen LogP contribution >= 0.6 is 0 Å². The number of benzene rings is 8. The third-order valence-electron chi connectivity index (χ3n) is 12.0. The SMILES string of the molecule is c1ccc(-c2ccc3ccc4ccc(-c5ccc(-c6cccc(-c7ccc8c(c7)nc(-c7ccccc7)c7c8ccc8ccc(-c9ccccc9)nc87)c6)cc5)nc4c3n2)cc1. The van der Waals surface area contributed by atoms with Crippen LogP contribution in [0.3, 0.4) is 0 Å². The molecule has 0 aliphatic rings. The van der Waals surface area contributed by atoms with E-state index in [2.05, 4.69) is 194 Å². The Morgan fingerprint density at radius 2 is 0.645 bits per heavy atom. The maximum atomic E-state index is 5.44. The molecule has 12 rings (SSSR count). The van der Waals surface area contributed by atoms with E-state index in [1.807, 2.05) is 24.3 Å². The summed E-state index contributed by atoms with van der Waals surface area (Å²) in [6, 6.07) is 76.8. The van der Waals surface area contributed by atoms with E-state index in [4.69, 9.17) is 19.9 Å². The normalized spacial score (nSPS) is 11.5. The number of fused-ring (bicyclic) bond motifs is 8. The molecule has 0 atom stereocenters. The molecule has 12 aromatic rings. The molecular weight excluding hydrogens is 753 g/mol. The first-order chi connectivity index (χ1) is 30.7. The molecule has 288 valence electrons. The van der Waals surface area contributed by atoms with E-state index in [-0.39, 0.29) is 0 Å². The highest BCUT2D eigenvalue weighted by Crippen LogP contribution is 2.39. The molecule has 0 amide bonds. The zero-order valence-corrected chi connectivity index (χ0v) is 33.6. The third-order valence-corrected chi connectivity index (χ3v) is 12.0. The molecule has 0 radical (unpaired) electrons. The van der Waals surface area contributed by atoms with Gasteiger partial charge in [-0.3, -0.25) is 0 Å². The fraction of sp³-hybridized carbons (Fsp3) is 0. The minimum Gasteiger partial charge on any atom is -0.247 e. The van der Waals surface area contributed by atoms with Gasteiger partial charge in [0.1, 0.15) is 0 Å². The van der Waals surface area contributed by atoms with Crippen LogP contribution in [0.2, 0.25) is 0 Å². The van der Waals surface area contributed by atoms with Crippen molar-refractivity contribution in [1.29, 1.82) is 0 Å². The monoisotopic (exact) mass is 788 g/mol. The van der Waals surface area contributed by atoms with Gasteiger partial charge in [-0.15, -0.1) is 0 Å². The maximum Gasteiger partial charge on any atom is 0.0972 e. The van der Waals surface area contributed by atoms with Crippen LogP contribution in [0.1, 0.15) is 0 Å². The van der Waals surface area contributed by atoms with Crippen molar-refractivity contribution in [2.45, 2.75) is 0 Å². The second kappa shape index (κ2) is 14.7. The summed E-state index contributed by atoms with van der Waals surface area (Å²) in [7, 11) is 0. The van der Waals surface area contributed by atoms with Gasteiger partial charge >= 0.3 is 0 Å². The first kappa shape index (κ1) is 35.6. The van der Waals surface area contributed by atoms with Crippen LogP contribution < -0.4 is 0 Å². The summed E-state index contributed by atoms with van der Waals surface area (Å²) in [6.07, 6.45) is 0. The predicted octanol–water partition coefficient (Wildman–Crippen LogP) is 15.0. The molecule has 4 heteroatoms. The van der Waals surface area contributed by atoms with Gasteiger partial charge in [-0.1, -0.05) is 188 Å². The molecule has 4 heterocycles. The highest BCUT2D eigenvalue weighted by molar-refractivity contribution is 6.20. The lowest BCUT2D eigenvalue weighted by molar-refractivity contribution is 1.36. The maximum absolute atomic E-state index is 5.44. The summed E-state index contributed by atoms with van der Waals surface area (Å²) in [6.45, 7) is 0. The van der Waals surface area contributed by atoms with Crippen LogP contribution in [0.25, 0.3) is 122 Å². The van der Waals surface area contributed by atoms with Crippen molar-refractivity contribution in [3.05, 3.63) is 218 Å². The molecule has 0 unspecified atom stereocenters. The molecule has 0 fully saturated rings. The van der Waals surface area contributed by atoms with Gasteiger partial charge in [0.05, 0.1) is 44.8 Å². The Kier molecular flexibility index (Phi) is 8.46. The van der Waals surface area contributed by atoms with Gasteiger partial charge in [-0.25, -0.2) is 19.9 Å². The smallest absolute Gasteiger partial charge is 0.0972 e. The average molecular weight is 789 g/mol. The Morgan fingerprint density at radius 1 is 0.242 bits per heavy atom. The van der Waals surface area contributed by atoms with Crippen LogP contribution in [0.5, 0.6) is 0 Å². The molecule has 0 aliphatic carbocycles. The van der Waals surface area contributed by atoms with Crippen LogP contribution in [-0.2, 0) is 0 Å². The lowest BCUT2D eigenvalue weighted by Gasteiger charge is -2.14. The molecule has 0 saturated heterocycles. The second-order valence-electron chi connectivity index (χ2n) is 15.8. The molecular formula is C58H36N4. The van der Waals surface area contributed by atoms with Crippen molar-refractivity contribution in [2.75, 3.05) is 0 Å². The van der Waals surface area contributed by atoms with Crippen LogP contribution in [0, 0.1) is 0 Å². The minimum absolute atomic E-state index is 0.908. The molecule has 0 aliphatic heterocycles. The van der Waals surface area contributed by atoms with Gasteiger partial charge in [0.15, 0.2) is 0 Å². The van der Waals surface area contributed by atoms with E-state index < -0.39 is 0 Å². The lowest BCUT2D eigenvalue weighted by atomic mass is 9.94. The minimum atomic E-state index is 0.908. The largest absolute Gasteiger partial charge is 0.247 e. The van der Waals surface area contributed by atoms with Gasteiger partial charge < -0.3 is 0 Å². The number of hydrogen-bond acceptors (Lipinski definition) is 4. The molecule has 4 aromatic heterocycles. The number of rotatable bonds is 6. The van der Waals surface area contributed by atoms with Crippen LogP contribution in [-0.4, -0.2) is 19.9 Å². The van der Waals surface area contributed by atoms with E-state index in [9.17, 15) is 0 Å². The summed E-state index contributed by atoms with van der Waals surface area (Å²) in [5, 5.41) is 6.55. The van der Waals surface area contributed by atoms with Crippen molar-refractivity contribution >= 4 is 54.4 Å². The molecule has 0 spiro atoms. The predicted molar refractivity (Wildman–Crippen MR) is 258 cm³/mol. The summed E-state index contributed by atoms with van der Waals surface area (Å²) < 4.78 is 0. The Labute approximate surface area is 358 Å². The van der Waals surface area contributed by atoms with E-state index in [1.54, 1.807) is 0 Å². The number of hydrogen-bond donors (Lipinski definition) is 0. The summed E-state index contributed by atoms with van der Waals surface area (Å²) in [4.78, 5) is 21.0. The molecule has 0 saturated carbocycles. The lowest BCUT2D eigenvalue weighted by Crippen LogP contribution is -1.94. The summed E-state index contributed by atoms with van der Waals surface area (Å²) in [5.74, 6) is 0. The summed E-state index contributed by atoms with van der Waals surface area (Å²) >= 11 is 0. The average Bonchev–Trinajstić information content (AvgIpc) is 3.36. The Bertz CT molecular complexity index is 3660. The number of aromatic nitrogens is 4. The van der Waals surface area contributed by atoms with E-state index in [0.717, 1.165) is 122 Å². The Hall–Kier alpha value is -8.34. The van der Waals surface area contributed by atoms with Crippen LogP contribution in [0.4, 0.5) is 0 Å².